The molecule has 0 saturated heterocycles. The molecule has 0 N–H and O–H groups in total. The third-order valence-corrected chi connectivity index (χ3v) is 7.43. The first-order chi connectivity index (χ1) is 17.6. The van der Waals surface area contributed by atoms with Crippen LogP contribution in [-0.4, -0.2) is 22.9 Å². The van der Waals surface area contributed by atoms with Crippen molar-refractivity contribution in [3.8, 4) is 22.3 Å². The number of hydrogen-bond acceptors (Lipinski definition) is 10. The Bertz CT molecular complexity index is 1870. The number of aromatic nitrogens is 2. The summed E-state index contributed by atoms with van der Waals surface area (Å²) in [5.74, 6) is 0. The minimum Gasteiger partial charge on any atom is -0.744 e. The van der Waals surface area contributed by atoms with Crippen LogP contribution in [0.3, 0.4) is 0 Å². The van der Waals surface area contributed by atoms with Crippen LogP contribution in [0.4, 0.5) is 0 Å². The number of hydrogen-bond donors (Lipinski definition) is 0. The molecular formula is C26H18N2Na2O7S2. The van der Waals surface area contributed by atoms with Crippen LogP contribution in [-0.2, 0) is 29.2 Å². The van der Waals surface area contributed by atoms with Crippen molar-refractivity contribution in [2.24, 2.45) is 0 Å². The van der Waals surface area contributed by atoms with E-state index in [-0.39, 0.29) is 74.5 Å². The molecule has 2 heterocycles. The zero-order valence-corrected chi connectivity index (χ0v) is 27.1. The molecule has 13 heteroatoms. The summed E-state index contributed by atoms with van der Waals surface area (Å²) in [6.07, 6.45) is 0. The zero-order chi connectivity index (χ0) is 26.9. The van der Waals surface area contributed by atoms with Gasteiger partial charge in [0.1, 0.15) is 10.1 Å². The fourth-order valence-electron chi connectivity index (χ4n) is 4.42. The Morgan fingerprint density at radius 1 is 0.667 bits per heavy atom. The predicted octanol–water partition coefficient (Wildman–Crippen LogP) is -0.619. The van der Waals surface area contributed by atoms with E-state index < -0.39 is 20.8 Å². The van der Waals surface area contributed by atoms with Crippen molar-refractivity contribution in [1.82, 2.24) is 9.97 Å². The molecule has 2 aromatic heterocycles. The average molecular weight is 581 g/mol. The molecule has 0 fully saturated rings. The van der Waals surface area contributed by atoms with Gasteiger partial charge < -0.3 is 13.0 Å². The van der Waals surface area contributed by atoms with E-state index in [4.69, 9.17) is 19.9 Å². The van der Waals surface area contributed by atoms with E-state index >= 15 is 0 Å². The third kappa shape index (κ3) is 6.64. The monoisotopic (exact) mass is 580 g/mol. The first kappa shape index (κ1) is 33.1. The molecular weight excluding hydrogens is 562 g/mol. The molecule has 0 aliphatic carbocycles. The van der Waals surface area contributed by atoms with Gasteiger partial charge in [-0.1, -0.05) is 59.5 Å². The largest absolute Gasteiger partial charge is 1.00 e. The van der Waals surface area contributed by atoms with Crippen LogP contribution in [0.25, 0.3) is 44.1 Å². The Morgan fingerprint density at radius 2 is 1.10 bits per heavy atom. The Labute approximate surface area is 270 Å². The maximum Gasteiger partial charge on any atom is 1.00 e. The van der Waals surface area contributed by atoms with Gasteiger partial charge in [0, 0.05) is 32.1 Å². The van der Waals surface area contributed by atoms with Gasteiger partial charge in [-0.2, -0.15) is 0 Å². The second-order valence-electron chi connectivity index (χ2n) is 8.16. The van der Waals surface area contributed by atoms with Crippen molar-refractivity contribution < 1.29 is 80.5 Å². The first-order valence-electron chi connectivity index (χ1n) is 10.8. The molecule has 0 amide bonds. The molecule has 0 saturated carbocycles. The van der Waals surface area contributed by atoms with Gasteiger partial charge >= 0.3 is 59.1 Å². The second kappa shape index (κ2) is 13.5. The van der Waals surface area contributed by atoms with E-state index in [0.717, 1.165) is 0 Å². The fourth-order valence-corrected chi connectivity index (χ4v) is 5.66. The van der Waals surface area contributed by atoms with E-state index in [1.807, 2.05) is 19.1 Å². The number of rotatable bonds is 4. The maximum atomic E-state index is 12.0. The summed E-state index contributed by atoms with van der Waals surface area (Å²) in [5.41, 5.74) is 4.45. The van der Waals surface area contributed by atoms with Crippen LogP contribution in [0, 0.1) is 23.8 Å². The number of fused-ring (bicyclic) bond motifs is 3. The summed E-state index contributed by atoms with van der Waals surface area (Å²) in [6, 6.07) is 20.0. The molecule has 9 nitrogen and oxygen atoms in total. The van der Waals surface area contributed by atoms with Gasteiger partial charge in [-0.25, -0.2) is 8.42 Å². The summed E-state index contributed by atoms with van der Waals surface area (Å²) in [4.78, 5) is 23.3. The Balaban J connectivity index is 0.00000130. The van der Waals surface area contributed by atoms with E-state index in [9.17, 15) is 21.4 Å². The van der Waals surface area contributed by atoms with E-state index in [1.165, 1.54) is 12.1 Å². The molecule has 5 rings (SSSR count). The van der Waals surface area contributed by atoms with Crippen molar-refractivity contribution in [3.63, 3.8) is 0 Å². The predicted molar refractivity (Wildman–Crippen MR) is 139 cm³/mol. The van der Waals surface area contributed by atoms with Crippen molar-refractivity contribution in [2.45, 2.75) is 23.6 Å². The normalized spacial score (nSPS) is 10.9. The van der Waals surface area contributed by atoms with Gasteiger partial charge in [-0.15, -0.1) is 0 Å². The van der Waals surface area contributed by atoms with Crippen molar-refractivity contribution in [2.75, 3.05) is 0 Å². The number of aryl methyl sites for hydroxylation is 2. The molecule has 3 aromatic carbocycles. The van der Waals surface area contributed by atoms with E-state index in [0.29, 0.717) is 49.9 Å². The van der Waals surface area contributed by atoms with Crippen LogP contribution in [0.5, 0.6) is 0 Å². The summed E-state index contributed by atoms with van der Waals surface area (Å²) in [6.45, 7) is 3.59. The fraction of sp³-hybridized carbons (Fsp3) is 0.0769. The van der Waals surface area contributed by atoms with Crippen molar-refractivity contribution in [1.29, 1.82) is 0 Å². The smallest absolute Gasteiger partial charge is 0.744 e. The summed E-state index contributed by atoms with van der Waals surface area (Å²) in [7, 11) is -7.15. The topological polar surface area (TPSA) is 151 Å². The van der Waals surface area contributed by atoms with Gasteiger partial charge in [-0.05, 0) is 65.0 Å². The third-order valence-electron chi connectivity index (χ3n) is 5.82. The van der Waals surface area contributed by atoms with Crippen LogP contribution >= 0.6 is 0 Å². The summed E-state index contributed by atoms with van der Waals surface area (Å²) < 4.78 is 59.6. The second-order valence-corrected chi connectivity index (χ2v) is 10.4. The standard InChI is InChI=1S/C26H19N2O5S2.2Na.O2/c1-15-13-21(17-7-3-5-9-23(17)34(29)30)19-11-12-20-22(14-16(2)28-26(20)25(19)27-15)18-8-4-6-10-24(18)35(31,32)33;;;1-2/h3-14H,1-2H3,(H,31,32,33);;;/q-1;2*+1;/p-1. The van der Waals surface area contributed by atoms with Gasteiger partial charge in [0.2, 0.25) is 0 Å². The molecule has 0 radical (unpaired) electrons. The van der Waals surface area contributed by atoms with E-state index in [1.54, 1.807) is 55.5 Å². The number of benzene rings is 3. The van der Waals surface area contributed by atoms with Gasteiger partial charge in [0.15, 0.2) is 0 Å². The molecule has 0 bridgehead atoms. The molecule has 0 spiro atoms. The SMILES string of the molecule is Cc1cc(-c2ccccc2[S-](=O)=O)c2ccc3c(-c4ccccc4S(=O)(=O)[O-])cc(C)nc3c2n1.O=O.[Na+].[Na+]. The summed E-state index contributed by atoms with van der Waals surface area (Å²) in [5, 5.41) is 1.33. The Morgan fingerprint density at radius 3 is 1.59 bits per heavy atom. The molecule has 0 atom stereocenters. The average Bonchev–Trinajstić information content (AvgIpc) is 2.88. The van der Waals surface area contributed by atoms with Crippen LogP contribution in [0.15, 0.2) is 82.6 Å². The van der Waals surface area contributed by atoms with Crippen molar-refractivity contribution >= 4 is 42.6 Å². The Kier molecular flexibility index (Phi) is 11.5. The minimum absolute atomic E-state index is 0. The maximum absolute atomic E-state index is 12.0. The molecule has 188 valence electrons. The molecule has 0 unspecified atom stereocenters. The number of pyridine rings is 2. The molecule has 0 aliphatic rings. The van der Waals surface area contributed by atoms with Gasteiger partial charge in [0.25, 0.3) is 0 Å². The summed E-state index contributed by atoms with van der Waals surface area (Å²) >= 11 is 0. The van der Waals surface area contributed by atoms with Gasteiger partial charge in [-0.3, -0.25) is 9.97 Å². The zero-order valence-electron chi connectivity index (χ0n) is 21.5. The first-order valence-corrected chi connectivity index (χ1v) is 13.3. The molecule has 5 aromatic rings. The van der Waals surface area contributed by atoms with Crippen LogP contribution in [0.1, 0.15) is 11.4 Å². The van der Waals surface area contributed by atoms with Crippen LogP contribution in [0.2, 0.25) is 0 Å². The van der Waals surface area contributed by atoms with Crippen molar-refractivity contribution in [3.05, 3.63) is 94.1 Å². The molecule has 39 heavy (non-hydrogen) atoms. The van der Waals surface area contributed by atoms with Gasteiger partial charge in [0.05, 0.1) is 15.9 Å². The van der Waals surface area contributed by atoms with Crippen LogP contribution < -0.4 is 59.1 Å². The Hall–Kier alpha value is -2.06. The number of nitrogens with zero attached hydrogens (tertiary/aromatic N) is 2. The van der Waals surface area contributed by atoms with E-state index in [2.05, 4.69) is 0 Å². The molecule has 0 aliphatic heterocycles. The quantitative estimate of drug-likeness (QED) is 0.117. The minimum atomic E-state index is -4.71.